The highest BCUT2D eigenvalue weighted by molar-refractivity contribution is 9.10. The molecule has 3 rings (SSSR count). The van der Waals surface area contributed by atoms with Crippen molar-refractivity contribution < 1.29 is 0 Å². The number of aromatic amines is 1. The summed E-state index contributed by atoms with van der Waals surface area (Å²) in [6.45, 7) is 2.11. The Hall–Kier alpha value is -1.13. The van der Waals surface area contributed by atoms with E-state index in [4.69, 9.17) is 0 Å². The number of nitrogens with one attached hydrogen (secondary N) is 1. The smallest absolute Gasteiger partial charge is 0.148 e. The highest BCUT2D eigenvalue weighted by atomic mass is 79.9. The summed E-state index contributed by atoms with van der Waals surface area (Å²) in [7, 11) is 0. The Morgan fingerprint density at radius 1 is 1.31 bits per heavy atom. The Kier molecular flexibility index (Phi) is 2.33. The second-order valence-electron chi connectivity index (χ2n) is 3.68. The van der Waals surface area contributed by atoms with E-state index in [0.29, 0.717) is 0 Å². The summed E-state index contributed by atoms with van der Waals surface area (Å²) in [5.74, 6) is 0.959. The van der Waals surface area contributed by atoms with Crippen molar-refractivity contribution in [3.05, 3.63) is 39.7 Å². The van der Waals surface area contributed by atoms with Crippen LogP contribution in [0.2, 0.25) is 0 Å². The number of aryl methyl sites for hydroxylation is 1. The fraction of sp³-hybridized carbons (Fsp3) is 0.0833. The molecule has 0 radical (unpaired) electrons. The number of rotatable bonds is 1. The first-order valence-corrected chi connectivity index (χ1v) is 6.61. The van der Waals surface area contributed by atoms with E-state index in [1.807, 2.05) is 12.1 Å². The highest BCUT2D eigenvalue weighted by Gasteiger charge is 2.08. The van der Waals surface area contributed by atoms with Gasteiger partial charge in [-0.3, -0.25) is 0 Å². The normalized spacial score (nSPS) is 11.1. The average molecular weight is 293 g/mol. The molecule has 16 heavy (non-hydrogen) atoms. The molecule has 0 aliphatic rings. The number of imidazole rings is 1. The van der Waals surface area contributed by atoms with Crippen LogP contribution in [0.4, 0.5) is 0 Å². The van der Waals surface area contributed by atoms with Crippen LogP contribution in [0.25, 0.3) is 21.7 Å². The van der Waals surface area contributed by atoms with E-state index in [1.54, 1.807) is 11.3 Å². The quantitative estimate of drug-likeness (QED) is 0.709. The SMILES string of the molecule is Cc1ccsc1-c1nc2ccc(Br)cc2[nH]1. The van der Waals surface area contributed by atoms with E-state index < -0.39 is 0 Å². The van der Waals surface area contributed by atoms with Crippen LogP contribution < -0.4 is 0 Å². The predicted octanol–water partition coefficient (Wildman–Crippen LogP) is 4.36. The average Bonchev–Trinajstić information content (AvgIpc) is 2.82. The molecule has 2 nitrogen and oxygen atoms in total. The number of halogens is 1. The second kappa shape index (κ2) is 3.71. The number of H-pyrrole nitrogens is 1. The van der Waals surface area contributed by atoms with Crippen molar-refractivity contribution in [2.24, 2.45) is 0 Å². The summed E-state index contributed by atoms with van der Waals surface area (Å²) >= 11 is 5.18. The molecular weight excluding hydrogens is 284 g/mol. The van der Waals surface area contributed by atoms with E-state index >= 15 is 0 Å². The molecule has 0 amide bonds. The van der Waals surface area contributed by atoms with Crippen LogP contribution in [0.1, 0.15) is 5.56 Å². The third kappa shape index (κ3) is 1.58. The fourth-order valence-corrected chi connectivity index (χ4v) is 2.94. The molecule has 3 aromatic rings. The molecule has 0 saturated heterocycles. The molecule has 80 valence electrons. The summed E-state index contributed by atoms with van der Waals surface area (Å²) in [6.07, 6.45) is 0. The van der Waals surface area contributed by atoms with Gasteiger partial charge < -0.3 is 4.98 Å². The third-order valence-electron chi connectivity index (χ3n) is 2.52. The molecule has 0 aliphatic heterocycles. The topological polar surface area (TPSA) is 28.7 Å². The van der Waals surface area contributed by atoms with Gasteiger partial charge in [-0.2, -0.15) is 0 Å². The van der Waals surface area contributed by atoms with Crippen molar-refractivity contribution in [1.29, 1.82) is 0 Å². The standard InChI is InChI=1S/C12H9BrN2S/c1-7-4-5-16-11(7)12-14-9-3-2-8(13)6-10(9)15-12/h2-6H,1H3,(H,14,15). The van der Waals surface area contributed by atoms with Crippen LogP contribution in [0.3, 0.4) is 0 Å². The van der Waals surface area contributed by atoms with Crippen molar-refractivity contribution in [3.8, 4) is 10.7 Å². The van der Waals surface area contributed by atoms with Gasteiger partial charge in [-0.1, -0.05) is 15.9 Å². The Morgan fingerprint density at radius 3 is 2.94 bits per heavy atom. The largest absolute Gasteiger partial charge is 0.337 e. The first-order chi connectivity index (χ1) is 7.74. The highest BCUT2D eigenvalue weighted by Crippen LogP contribution is 2.29. The zero-order chi connectivity index (χ0) is 11.1. The molecule has 1 aromatic carbocycles. The van der Waals surface area contributed by atoms with Gasteiger partial charge in [0.1, 0.15) is 5.82 Å². The molecule has 0 unspecified atom stereocenters. The maximum atomic E-state index is 4.59. The van der Waals surface area contributed by atoms with E-state index in [0.717, 1.165) is 21.3 Å². The number of fused-ring (bicyclic) bond motifs is 1. The molecule has 0 fully saturated rings. The zero-order valence-electron chi connectivity index (χ0n) is 8.62. The Bertz CT molecular complexity index is 654. The molecule has 0 aliphatic carbocycles. The monoisotopic (exact) mass is 292 g/mol. The number of thiophene rings is 1. The fourth-order valence-electron chi connectivity index (χ4n) is 1.70. The van der Waals surface area contributed by atoms with E-state index in [2.05, 4.69) is 50.3 Å². The molecule has 0 atom stereocenters. The Balaban J connectivity index is 2.23. The lowest BCUT2D eigenvalue weighted by atomic mass is 10.3. The first kappa shape index (κ1) is 10.1. The minimum atomic E-state index is 0.959. The van der Waals surface area contributed by atoms with Gasteiger partial charge in [-0.05, 0) is 42.1 Å². The van der Waals surface area contributed by atoms with Crippen LogP contribution in [0.15, 0.2) is 34.1 Å². The minimum absolute atomic E-state index is 0.959. The van der Waals surface area contributed by atoms with Crippen molar-refractivity contribution >= 4 is 38.3 Å². The molecule has 0 bridgehead atoms. The molecular formula is C12H9BrN2S. The lowest BCUT2D eigenvalue weighted by Gasteiger charge is -1.91. The summed E-state index contributed by atoms with van der Waals surface area (Å²) < 4.78 is 1.07. The number of aromatic nitrogens is 2. The lowest BCUT2D eigenvalue weighted by Crippen LogP contribution is -1.77. The predicted molar refractivity (Wildman–Crippen MR) is 71.8 cm³/mol. The molecule has 2 aromatic heterocycles. The molecule has 1 N–H and O–H groups in total. The van der Waals surface area contributed by atoms with Gasteiger partial charge in [0.05, 0.1) is 15.9 Å². The Morgan fingerprint density at radius 2 is 2.19 bits per heavy atom. The lowest BCUT2D eigenvalue weighted by molar-refractivity contribution is 1.34. The molecule has 0 spiro atoms. The Labute approximate surface area is 105 Å². The second-order valence-corrected chi connectivity index (χ2v) is 5.51. The van der Waals surface area contributed by atoms with E-state index in [9.17, 15) is 0 Å². The van der Waals surface area contributed by atoms with Crippen LogP contribution in [0.5, 0.6) is 0 Å². The van der Waals surface area contributed by atoms with Gasteiger partial charge in [0.15, 0.2) is 0 Å². The molecule has 2 heterocycles. The third-order valence-corrected chi connectivity index (χ3v) is 4.04. The van der Waals surface area contributed by atoms with Crippen LogP contribution >= 0.6 is 27.3 Å². The minimum Gasteiger partial charge on any atom is -0.337 e. The van der Waals surface area contributed by atoms with Crippen molar-refractivity contribution in [2.45, 2.75) is 6.92 Å². The van der Waals surface area contributed by atoms with Gasteiger partial charge >= 0.3 is 0 Å². The van der Waals surface area contributed by atoms with Gasteiger partial charge in [-0.15, -0.1) is 11.3 Å². The number of hydrogen-bond donors (Lipinski definition) is 1. The summed E-state index contributed by atoms with van der Waals surface area (Å²) in [4.78, 5) is 9.16. The molecule has 0 saturated carbocycles. The van der Waals surface area contributed by atoms with Crippen molar-refractivity contribution in [3.63, 3.8) is 0 Å². The van der Waals surface area contributed by atoms with Gasteiger partial charge in [0, 0.05) is 4.47 Å². The summed E-state index contributed by atoms with van der Waals surface area (Å²) in [5.41, 5.74) is 3.34. The van der Waals surface area contributed by atoms with Gasteiger partial charge in [0.2, 0.25) is 0 Å². The molecule has 4 heteroatoms. The number of benzene rings is 1. The summed E-state index contributed by atoms with van der Waals surface area (Å²) in [5, 5.41) is 2.09. The van der Waals surface area contributed by atoms with Gasteiger partial charge in [0.25, 0.3) is 0 Å². The van der Waals surface area contributed by atoms with Crippen LogP contribution in [0, 0.1) is 6.92 Å². The van der Waals surface area contributed by atoms with Crippen LogP contribution in [-0.2, 0) is 0 Å². The first-order valence-electron chi connectivity index (χ1n) is 4.94. The van der Waals surface area contributed by atoms with Gasteiger partial charge in [-0.25, -0.2) is 4.98 Å². The zero-order valence-corrected chi connectivity index (χ0v) is 11.0. The number of nitrogens with zero attached hydrogens (tertiary/aromatic N) is 1. The maximum Gasteiger partial charge on any atom is 0.148 e. The van der Waals surface area contributed by atoms with Crippen molar-refractivity contribution in [1.82, 2.24) is 9.97 Å². The van der Waals surface area contributed by atoms with Crippen LogP contribution in [-0.4, -0.2) is 9.97 Å². The maximum absolute atomic E-state index is 4.59. The number of hydrogen-bond acceptors (Lipinski definition) is 2. The van der Waals surface area contributed by atoms with E-state index in [-0.39, 0.29) is 0 Å². The van der Waals surface area contributed by atoms with Crippen molar-refractivity contribution in [2.75, 3.05) is 0 Å². The van der Waals surface area contributed by atoms with E-state index in [1.165, 1.54) is 10.4 Å². The summed E-state index contributed by atoms with van der Waals surface area (Å²) in [6, 6.07) is 8.19.